The van der Waals surface area contributed by atoms with Crippen molar-refractivity contribution < 1.29 is 28.3 Å². The minimum Gasteiger partial charge on any atom is -0.497 e. The molecule has 9 heteroatoms. The summed E-state index contributed by atoms with van der Waals surface area (Å²) >= 11 is 0. The summed E-state index contributed by atoms with van der Waals surface area (Å²) < 4.78 is 27.0. The predicted molar refractivity (Wildman–Crippen MR) is 122 cm³/mol. The van der Waals surface area contributed by atoms with Crippen LogP contribution in [0.1, 0.15) is 42.6 Å². The largest absolute Gasteiger partial charge is 0.497 e. The summed E-state index contributed by atoms with van der Waals surface area (Å²) in [7, 11) is 6.17. The van der Waals surface area contributed by atoms with Crippen LogP contribution in [0.2, 0.25) is 0 Å². The molecule has 0 aliphatic carbocycles. The van der Waals surface area contributed by atoms with E-state index in [0.29, 0.717) is 45.8 Å². The van der Waals surface area contributed by atoms with Crippen molar-refractivity contribution in [3.8, 4) is 34.4 Å². The molecule has 0 aliphatic rings. The number of hydrogen-bond donors (Lipinski definition) is 1. The molecule has 0 saturated heterocycles. The van der Waals surface area contributed by atoms with E-state index in [-0.39, 0.29) is 11.8 Å². The number of carbonyl (C=O) groups is 1. The molecule has 1 amide bonds. The Morgan fingerprint density at radius 3 is 2.30 bits per heavy atom. The van der Waals surface area contributed by atoms with Crippen LogP contribution in [0.15, 0.2) is 40.9 Å². The number of ether oxygens (including phenoxy) is 4. The van der Waals surface area contributed by atoms with Crippen LogP contribution in [0, 0.1) is 5.92 Å². The first kappa shape index (κ1) is 23.9. The van der Waals surface area contributed by atoms with E-state index in [2.05, 4.69) is 15.5 Å². The third-order valence-electron chi connectivity index (χ3n) is 5.46. The minimum atomic E-state index is -0.475. The molecule has 1 aromatic heterocycles. The van der Waals surface area contributed by atoms with Gasteiger partial charge in [-0.3, -0.25) is 4.79 Å². The monoisotopic (exact) mass is 455 g/mol. The molecule has 0 spiro atoms. The molecule has 2 aromatic carbocycles. The van der Waals surface area contributed by atoms with E-state index in [4.69, 9.17) is 23.5 Å². The number of nitrogens with zero attached hydrogens (tertiary/aromatic N) is 2. The fraction of sp³-hybridized carbons (Fsp3) is 0.375. The van der Waals surface area contributed by atoms with Crippen molar-refractivity contribution in [2.75, 3.05) is 28.4 Å². The predicted octanol–water partition coefficient (Wildman–Crippen LogP) is 4.29. The lowest BCUT2D eigenvalue weighted by molar-refractivity contribution is 0.0910. The molecule has 0 aliphatic heterocycles. The molecule has 0 radical (unpaired) electrons. The summed E-state index contributed by atoms with van der Waals surface area (Å²) in [6.07, 6.45) is 0.797. The van der Waals surface area contributed by atoms with Gasteiger partial charge >= 0.3 is 0 Å². The van der Waals surface area contributed by atoms with E-state index in [9.17, 15) is 4.79 Å². The van der Waals surface area contributed by atoms with Crippen molar-refractivity contribution >= 4 is 5.91 Å². The van der Waals surface area contributed by atoms with Gasteiger partial charge in [0.15, 0.2) is 11.5 Å². The molecular weight excluding hydrogens is 426 g/mol. The van der Waals surface area contributed by atoms with Crippen LogP contribution in [0.4, 0.5) is 0 Å². The quantitative estimate of drug-likeness (QED) is 0.483. The number of carbonyl (C=O) groups excluding carboxylic acids is 1. The Hall–Kier alpha value is -3.75. The summed E-state index contributed by atoms with van der Waals surface area (Å²) in [6.45, 7) is 4.05. The van der Waals surface area contributed by atoms with Crippen LogP contribution in [-0.4, -0.2) is 44.5 Å². The molecule has 3 aromatic rings. The molecule has 0 saturated carbocycles. The van der Waals surface area contributed by atoms with Gasteiger partial charge in [0.1, 0.15) is 11.8 Å². The lowest BCUT2D eigenvalue weighted by atomic mass is 9.98. The van der Waals surface area contributed by atoms with Crippen molar-refractivity contribution in [2.45, 2.75) is 26.3 Å². The van der Waals surface area contributed by atoms with E-state index >= 15 is 0 Å². The maximum atomic E-state index is 12.9. The molecule has 0 bridgehead atoms. The smallest absolute Gasteiger partial charge is 0.252 e. The highest BCUT2D eigenvalue weighted by Crippen LogP contribution is 2.40. The number of methoxy groups -OCH3 is 4. The van der Waals surface area contributed by atoms with E-state index in [1.54, 1.807) is 43.5 Å². The highest BCUT2D eigenvalue weighted by Gasteiger charge is 2.27. The standard InChI is InChI=1S/C24H29N3O6/c1-7-14(2)20(25-23(28)15-9-8-10-17(11-15)29-3)24-26-22(27-33-24)16-12-18(30-4)21(32-6)19(13-16)31-5/h8-14,20H,7H2,1-6H3,(H,25,28). The van der Waals surface area contributed by atoms with Crippen LogP contribution in [-0.2, 0) is 0 Å². The highest BCUT2D eigenvalue weighted by atomic mass is 16.5. The fourth-order valence-electron chi connectivity index (χ4n) is 3.36. The van der Waals surface area contributed by atoms with Gasteiger partial charge in [0.2, 0.25) is 17.5 Å². The van der Waals surface area contributed by atoms with Crippen LogP contribution in [0.5, 0.6) is 23.0 Å². The Morgan fingerprint density at radius 2 is 1.73 bits per heavy atom. The zero-order valence-electron chi connectivity index (χ0n) is 19.7. The van der Waals surface area contributed by atoms with Gasteiger partial charge in [-0.2, -0.15) is 4.98 Å². The second kappa shape index (κ2) is 10.7. The molecule has 1 N–H and O–H groups in total. The van der Waals surface area contributed by atoms with Gasteiger partial charge < -0.3 is 28.8 Å². The van der Waals surface area contributed by atoms with Gasteiger partial charge in [-0.1, -0.05) is 31.5 Å². The number of nitrogens with one attached hydrogen (secondary N) is 1. The second-order valence-corrected chi connectivity index (χ2v) is 7.44. The van der Waals surface area contributed by atoms with Crippen molar-refractivity contribution in [1.82, 2.24) is 15.5 Å². The van der Waals surface area contributed by atoms with Crippen molar-refractivity contribution in [2.24, 2.45) is 5.92 Å². The third-order valence-corrected chi connectivity index (χ3v) is 5.46. The fourth-order valence-corrected chi connectivity index (χ4v) is 3.36. The Morgan fingerprint density at radius 1 is 1.03 bits per heavy atom. The van der Waals surface area contributed by atoms with Gasteiger partial charge in [0, 0.05) is 11.1 Å². The second-order valence-electron chi connectivity index (χ2n) is 7.44. The van der Waals surface area contributed by atoms with Gasteiger partial charge in [-0.15, -0.1) is 0 Å². The normalized spacial score (nSPS) is 12.5. The Balaban J connectivity index is 1.92. The number of hydrogen-bond acceptors (Lipinski definition) is 8. The van der Waals surface area contributed by atoms with E-state index in [1.165, 1.54) is 21.3 Å². The maximum Gasteiger partial charge on any atom is 0.252 e. The SMILES string of the molecule is CCC(C)C(NC(=O)c1cccc(OC)c1)c1nc(-c2cc(OC)c(OC)c(OC)c2)no1. The summed E-state index contributed by atoms with van der Waals surface area (Å²) in [5, 5.41) is 7.15. The number of rotatable bonds is 10. The topological polar surface area (TPSA) is 105 Å². The highest BCUT2D eigenvalue weighted by molar-refractivity contribution is 5.94. The molecule has 2 atom stereocenters. The summed E-state index contributed by atoms with van der Waals surface area (Å²) in [5.74, 6) is 2.46. The van der Waals surface area contributed by atoms with E-state index in [1.807, 2.05) is 13.8 Å². The van der Waals surface area contributed by atoms with Crippen molar-refractivity contribution in [3.63, 3.8) is 0 Å². The lowest BCUT2D eigenvalue weighted by Crippen LogP contribution is -2.32. The van der Waals surface area contributed by atoms with Gasteiger partial charge in [0.25, 0.3) is 5.91 Å². The first-order chi connectivity index (χ1) is 15.9. The van der Waals surface area contributed by atoms with Gasteiger partial charge in [0.05, 0.1) is 28.4 Å². The van der Waals surface area contributed by atoms with Crippen LogP contribution in [0.25, 0.3) is 11.4 Å². The first-order valence-corrected chi connectivity index (χ1v) is 10.5. The summed E-state index contributed by atoms with van der Waals surface area (Å²) in [4.78, 5) is 17.5. The molecule has 3 rings (SSSR count). The van der Waals surface area contributed by atoms with Crippen LogP contribution in [0.3, 0.4) is 0 Å². The molecule has 176 valence electrons. The maximum absolute atomic E-state index is 12.9. The molecule has 0 fully saturated rings. The van der Waals surface area contributed by atoms with E-state index in [0.717, 1.165) is 6.42 Å². The number of benzene rings is 2. The van der Waals surface area contributed by atoms with Crippen molar-refractivity contribution in [1.29, 1.82) is 0 Å². The molecule has 1 heterocycles. The zero-order chi connectivity index (χ0) is 24.0. The minimum absolute atomic E-state index is 0.0489. The summed E-state index contributed by atoms with van der Waals surface area (Å²) in [6, 6.07) is 9.95. The number of aromatic nitrogens is 2. The third kappa shape index (κ3) is 5.19. The van der Waals surface area contributed by atoms with Crippen molar-refractivity contribution in [3.05, 3.63) is 47.9 Å². The molecule has 2 unspecified atom stereocenters. The Kier molecular flexibility index (Phi) is 7.76. The van der Waals surface area contributed by atoms with Crippen LogP contribution >= 0.6 is 0 Å². The Bertz CT molecular complexity index is 1070. The Labute approximate surface area is 193 Å². The van der Waals surface area contributed by atoms with Gasteiger partial charge in [-0.25, -0.2) is 0 Å². The summed E-state index contributed by atoms with van der Waals surface area (Å²) in [5.41, 5.74) is 1.11. The van der Waals surface area contributed by atoms with Gasteiger partial charge in [-0.05, 0) is 36.2 Å². The van der Waals surface area contributed by atoms with E-state index < -0.39 is 6.04 Å². The number of amides is 1. The first-order valence-electron chi connectivity index (χ1n) is 10.5. The lowest BCUT2D eigenvalue weighted by Gasteiger charge is -2.21. The molecular formula is C24H29N3O6. The molecule has 9 nitrogen and oxygen atoms in total. The van der Waals surface area contributed by atoms with Crippen LogP contribution < -0.4 is 24.3 Å². The average Bonchev–Trinajstić information content (AvgIpc) is 3.35. The average molecular weight is 456 g/mol. The molecule has 33 heavy (non-hydrogen) atoms. The zero-order valence-corrected chi connectivity index (χ0v) is 19.7.